The normalized spacial score (nSPS) is 19.7. The van der Waals surface area contributed by atoms with E-state index in [9.17, 15) is 13.2 Å². The molecule has 1 atom stereocenters. The second-order valence-corrected chi connectivity index (χ2v) is 7.57. The van der Waals surface area contributed by atoms with Crippen LogP contribution in [0.2, 0.25) is 5.02 Å². The maximum Gasteiger partial charge on any atom is 0.417 e. The molecule has 0 aromatic heterocycles. The van der Waals surface area contributed by atoms with Crippen LogP contribution in [0.3, 0.4) is 0 Å². The van der Waals surface area contributed by atoms with Crippen molar-refractivity contribution in [1.29, 1.82) is 0 Å². The topological polar surface area (TPSA) is 34.4 Å². The SMILES string of the molecule is C=C.CC(C)=NN1C(N2CCN(C)CC2)=Nc2cc(C(F)(F)F)c(Cl)cc2C1C. The van der Waals surface area contributed by atoms with Crippen LogP contribution in [0.1, 0.15) is 37.9 Å². The molecule has 3 rings (SSSR count). The Kier molecular flexibility index (Phi) is 7.35. The third-order valence-electron chi connectivity index (χ3n) is 4.76. The second kappa shape index (κ2) is 9.17. The average Bonchev–Trinajstić information content (AvgIpc) is 2.65. The highest BCUT2D eigenvalue weighted by Crippen LogP contribution is 2.43. The maximum atomic E-state index is 13.3. The van der Waals surface area contributed by atoms with Gasteiger partial charge < -0.3 is 9.80 Å². The van der Waals surface area contributed by atoms with Gasteiger partial charge in [0.25, 0.3) is 0 Å². The van der Waals surface area contributed by atoms with Gasteiger partial charge in [-0.05, 0) is 40.0 Å². The fourth-order valence-electron chi connectivity index (χ4n) is 3.26. The van der Waals surface area contributed by atoms with Gasteiger partial charge in [-0.25, -0.2) is 10.0 Å². The first-order chi connectivity index (χ1) is 13.6. The molecule has 0 bridgehead atoms. The van der Waals surface area contributed by atoms with Crippen molar-refractivity contribution < 1.29 is 13.2 Å². The van der Waals surface area contributed by atoms with Crippen molar-refractivity contribution in [2.24, 2.45) is 10.1 Å². The smallest absolute Gasteiger partial charge is 0.338 e. The number of guanidine groups is 1. The zero-order chi connectivity index (χ0) is 21.9. The third-order valence-corrected chi connectivity index (χ3v) is 5.07. The first-order valence-corrected chi connectivity index (χ1v) is 9.69. The monoisotopic (exact) mass is 429 g/mol. The number of piperazine rings is 1. The fraction of sp³-hybridized carbons (Fsp3) is 0.500. The number of aliphatic imine (C=N–C) groups is 1. The van der Waals surface area contributed by atoms with Crippen LogP contribution >= 0.6 is 11.6 Å². The van der Waals surface area contributed by atoms with E-state index in [-0.39, 0.29) is 11.1 Å². The van der Waals surface area contributed by atoms with Crippen molar-refractivity contribution in [2.45, 2.75) is 33.0 Å². The molecule has 1 aromatic rings. The highest BCUT2D eigenvalue weighted by Gasteiger charge is 2.37. The van der Waals surface area contributed by atoms with Gasteiger partial charge in [0.05, 0.1) is 22.3 Å². The number of rotatable bonds is 1. The average molecular weight is 430 g/mol. The van der Waals surface area contributed by atoms with E-state index in [1.54, 1.807) is 5.01 Å². The number of nitrogens with zero attached hydrogens (tertiary/aromatic N) is 5. The predicted octanol–water partition coefficient (Wildman–Crippen LogP) is 5.17. The number of halogens is 4. The summed E-state index contributed by atoms with van der Waals surface area (Å²) in [5, 5.41) is 6.06. The first-order valence-electron chi connectivity index (χ1n) is 9.32. The van der Waals surface area contributed by atoms with Gasteiger partial charge in [-0.2, -0.15) is 18.3 Å². The van der Waals surface area contributed by atoms with Gasteiger partial charge in [-0.1, -0.05) is 11.6 Å². The molecule has 1 unspecified atom stereocenters. The summed E-state index contributed by atoms with van der Waals surface area (Å²) in [6.07, 6.45) is -4.52. The van der Waals surface area contributed by atoms with E-state index < -0.39 is 11.7 Å². The molecule has 1 aromatic carbocycles. The lowest BCUT2D eigenvalue weighted by Gasteiger charge is -2.41. The highest BCUT2D eigenvalue weighted by molar-refractivity contribution is 6.31. The summed E-state index contributed by atoms with van der Waals surface area (Å²) in [6, 6.07) is 2.13. The molecule has 2 aliphatic heterocycles. The number of likely N-dealkylation sites (N-methyl/N-ethyl adjacent to an activating group) is 1. The van der Waals surface area contributed by atoms with Gasteiger partial charge in [0.2, 0.25) is 5.96 Å². The summed E-state index contributed by atoms with van der Waals surface area (Å²) in [5.74, 6) is 0.583. The number of alkyl halides is 3. The van der Waals surface area contributed by atoms with Crippen LogP contribution in [0.5, 0.6) is 0 Å². The molecular weight excluding hydrogens is 403 g/mol. The molecule has 0 N–H and O–H groups in total. The van der Waals surface area contributed by atoms with E-state index in [1.165, 1.54) is 6.07 Å². The molecule has 2 aliphatic rings. The number of benzene rings is 1. The molecule has 5 nitrogen and oxygen atoms in total. The van der Waals surface area contributed by atoms with E-state index in [0.717, 1.165) is 38.0 Å². The summed E-state index contributed by atoms with van der Waals surface area (Å²) in [5.41, 5.74) is 0.912. The maximum absolute atomic E-state index is 13.3. The number of hydrazone groups is 1. The van der Waals surface area contributed by atoms with E-state index in [0.29, 0.717) is 17.2 Å². The van der Waals surface area contributed by atoms with Gasteiger partial charge in [-0.15, -0.1) is 13.2 Å². The summed E-state index contributed by atoms with van der Waals surface area (Å²) < 4.78 is 39.8. The van der Waals surface area contributed by atoms with Crippen molar-refractivity contribution in [2.75, 3.05) is 33.2 Å². The molecule has 0 aliphatic carbocycles. The van der Waals surface area contributed by atoms with E-state index in [4.69, 9.17) is 11.6 Å². The molecular formula is C20H27ClF3N5. The van der Waals surface area contributed by atoms with Crippen LogP contribution in [-0.2, 0) is 6.18 Å². The number of hydrogen-bond donors (Lipinski definition) is 0. The van der Waals surface area contributed by atoms with Gasteiger partial charge in [0.1, 0.15) is 0 Å². The van der Waals surface area contributed by atoms with Crippen LogP contribution in [0.4, 0.5) is 18.9 Å². The molecule has 0 radical (unpaired) electrons. The van der Waals surface area contributed by atoms with Crippen molar-refractivity contribution in [3.05, 3.63) is 41.4 Å². The molecule has 0 saturated carbocycles. The molecule has 29 heavy (non-hydrogen) atoms. The van der Waals surface area contributed by atoms with Crippen molar-refractivity contribution >= 4 is 29.0 Å². The second-order valence-electron chi connectivity index (χ2n) is 7.16. The van der Waals surface area contributed by atoms with E-state index >= 15 is 0 Å². The Morgan fingerprint density at radius 3 is 2.28 bits per heavy atom. The minimum atomic E-state index is -4.52. The van der Waals surface area contributed by atoms with Crippen LogP contribution in [0.25, 0.3) is 0 Å². The van der Waals surface area contributed by atoms with E-state index in [1.807, 2.05) is 27.8 Å². The van der Waals surface area contributed by atoms with Crippen LogP contribution < -0.4 is 0 Å². The summed E-state index contributed by atoms with van der Waals surface area (Å²) >= 11 is 5.93. The Hall–Kier alpha value is -2.06. The Labute approximate surface area is 175 Å². The van der Waals surface area contributed by atoms with Crippen molar-refractivity contribution in [1.82, 2.24) is 14.8 Å². The lowest BCUT2D eigenvalue weighted by Crippen LogP contribution is -2.52. The Bertz CT molecular complexity index is 794. The third kappa shape index (κ3) is 5.11. The molecule has 1 saturated heterocycles. The van der Waals surface area contributed by atoms with Crippen molar-refractivity contribution in [3.63, 3.8) is 0 Å². The lowest BCUT2D eigenvalue weighted by molar-refractivity contribution is -0.137. The Morgan fingerprint density at radius 2 is 1.76 bits per heavy atom. The molecule has 9 heteroatoms. The Morgan fingerprint density at radius 1 is 1.17 bits per heavy atom. The molecule has 160 valence electrons. The summed E-state index contributed by atoms with van der Waals surface area (Å²) in [4.78, 5) is 8.86. The van der Waals surface area contributed by atoms with Crippen molar-refractivity contribution in [3.8, 4) is 0 Å². The standard InChI is InChI=1S/C18H23ClF3N5.C2H4/c1-11(2)24-27-12(3)13-9-15(19)14(18(20,21)22)10-16(13)23-17(27)26-7-5-25(4)6-8-26;1-2/h9-10,12H,5-8H2,1-4H3;1-2H2. The molecule has 0 spiro atoms. The number of fused-ring (bicyclic) bond motifs is 1. The summed E-state index contributed by atoms with van der Waals surface area (Å²) in [6.45, 7) is 14.9. The first kappa shape index (κ1) is 23.2. The highest BCUT2D eigenvalue weighted by atomic mass is 35.5. The predicted molar refractivity (Wildman–Crippen MR) is 113 cm³/mol. The lowest BCUT2D eigenvalue weighted by atomic mass is 10.0. The zero-order valence-corrected chi connectivity index (χ0v) is 18.0. The summed E-state index contributed by atoms with van der Waals surface area (Å²) in [7, 11) is 2.04. The van der Waals surface area contributed by atoms with Crippen LogP contribution in [-0.4, -0.2) is 59.7 Å². The van der Waals surface area contributed by atoms with Gasteiger partial charge in [0, 0.05) is 37.5 Å². The quantitative estimate of drug-likeness (QED) is 0.456. The van der Waals surface area contributed by atoms with Gasteiger partial charge >= 0.3 is 6.18 Å². The fourth-order valence-corrected chi connectivity index (χ4v) is 3.54. The van der Waals surface area contributed by atoms with Gasteiger partial charge in [-0.3, -0.25) is 0 Å². The number of hydrogen-bond acceptors (Lipinski definition) is 5. The molecule has 0 amide bonds. The minimum absolute atomic E-state index is 0.276. The Balaban J connectivity index is 0.00000145. The van der Waals surface area contributed by atoms with Crippen LogP contribution in [0, 0.1) is 0 Å². The van der Waals surface area contributed by atoms with Crippen LogP contribution in [0.15, 0.2) is 35.4 Å². The van der Waals surface area contributed by atoms with Gasteiger partial charge in [0.15, 0.2) is 0 Å². The zero-order valence-electron chi connectivity index (χ0n) is 17.2. The van der Waals surface area contributed by atoms with E-state index in [2.05, 4.69) is 33.1 Å². The molecule has 2 heterocycles. The molecule has 1 fully saturated rings. The minimum Gasteiger partial charge on any atom is -0.338 e. The largest absolute Gasteiger partial charge is 0.417 e.